The first-order chi connectivity index (χ1) is 14.5. The highest BCUT2D eigenvalue weighted by Gasteiger charge is 2.33. The molecule has 2 atom stereocenters. The Hall–Kier alpha value is -2.49. The van der Waals surface area contributed by atoms with E-state index in [1.54, 1.807) is 4.90 Å². The highest BCUT2D eigenvalue weighted by atomic mass is 16.5. The van der Waals surface area contributed by atoms with E-state index < -0.39 is 12.0 Å². The van der Waals surface area contributed by atoms with Gasteiger partial charge in [-0.1, -0.05) is 30.3 Å². The summed E-state index contributed by atoms with van der Waals surface area (Å²) >= 11 is 0. The fraction of sp³-hybridized carbons (Fsp3) is 0.571. The van der Waals surface area contributed by atoms with Crippen LogP contribution in [0.1, 0.15) is 12.0 Å². The Labute approximate surface area is 176 Å². The van der Waals surface area contributed by atoms with Gasteiger partial charge in [-0.2, -0.15) is 0 Å². The molecule has 9 heteroatoms. The number of nitrogens with one attached hydrogen (secondary N) is 2. The predicted octanol–water partition coefficient (Wildman–Crippen LogP) is -0.633. The lowest BCUT2D eigenvalue weighted by Crippen LogP contribution is -2.58. The number of benzene rings is 1. The maximum Gasteiger partial charge on any atom is 0.307 e. The highest BCUT2D eigenvalue weighted by molar-refractivity contribution is 5.88. The number of hydrogen-bond donors (Lipinski definition) is 2. The maximum absolute atomic E-state index is 12.5. The molecule has 2 amide bonds. The Morgan fingerprint density at radius 3 is 2.83 bits per heavy atom. The Balaban J connectivity index is 1.45. The first kappa shape index (κ1) is 22.2. The molecule has 2 saturated heterocycles. The van der Waals surface area contributed by atoms with Gasteiger partial charge in [0.25, 0.3) is 0 Å². The standard InChI is InChI=1S/C21H30N4O5/c1-29-20(27)11-18-21(28)22-7-8-25(18)15-19(26)23-12-17-14-24(9-10-30-17)13-16-5-3-2-4-6-16/h2-6,17-18H,7-15H2,1H3,(H,22,28)(H,23,26). The third-order valence-corrected chi connectivity index (χ3v) is 5.37. The summed E-state index contributed by atoms with van der Waals surface area (Å²) in [5, 5.41) is 5.63. The quantitative estimate of drug-likeness (QED) is 0.542. The van der Waals surface area contributed by atoms with Crippen molar-refractivity contribution in [3.63, 3.8) is 0 Å². The number of piperazine rings is 1. The summed E-state index contributed by atoms with van der Waals surface area (Å²) in [5.41, 5.74) is 1.25. The number of ether oxygens (including phenoxy) is 2. The van der Waals surface area contributed by atoms with Crippen molar-refractivity contribution >= 4 is 17.8 Å². The van der Waals surface area contributed by atoms with Gasteiger partial charge in [-0.25, -0.2) is 0 Å². The van der Waals surface area contributed by atoms with E-state index in [4.69, 9.17) is 4.74 Å². The molecule has 0 aromatic heterocycles. The highest BCUT2D eigenvalue weighted by Crippen LogP contribution is 2.11. The van der Waals surface area contributed by atoms with Crippen LogP contribution in [0, 0.1) is 0 Å². The summed E-state index contributed by atoms with van der Waals surface area (Å²) in [6, 6.07) is 9.58. The molecule has 2 N–H and O–H groups in total. The van der Waals surface area contributed by atoms with Crippen molar-refractivity contribution in [3.8, 4) is 0 Å². The summed E-state index contributed by atoms with van der Waals surface area (Å²) in [5.74, 6) is -0.925. The maximum atomic E-state index is 12.5. The second-order valence-corrected chi connectivity index (χ2v) is 7.58. The molecule has 30 heavy (non-hydrogen) atoms. The van der Waals surface area contributed by atoms with E-state index in [0.717, 1.165) is 19.6 Å². The number of hydrogen-bond acceptors (Lipinski definition) is 7. The van der Waals surface area contributed by atoms with E-state index in [1.807, 2.05) is 18.2 Å². The fourth-order valence-corrected chi connectivity index (χ4v) is 3.77. The lowest BCUT2D eigenvalue weighted by atomic mass is 10.1. The fourth-order valence-electron chi connectivity index (χ4n) is 3.77. The van der Waals surface area contributed by atoms with Crippen molar-refractivity contribution in [2.45, 2.75) is 25.1 Å². The molecule has 0 spiro atoms. The molecule has 1 aromatic carbocycles. The summed E-state index contributed by atoms with van der Waals surface area (Å²) in [6.07, 6.45) is -0.155. The van der Waals surface area contributed by atoms with Crippen LogP contribution in [0.3, 0.4) is 0 Å². The van der Waals surface area contributed by atoms with Gasteiger partial charge >= 0.3 is 5.97 Å². The smallest absolute Gasteiger partial charge is 0.307 e. The minimum atomic E-state index is -0.691. The lowest BCUT2D eigenvalue weighted by Gasteiger charge is -2.35. The molecular formula is C21H30N4O5. The molecule has 9 nitrogen and oxygen atoms in total. The zero-order chi connectivity index (χ0) is 21.3. The molecule has 164 valence electrons. The van der Waals surface area contributed by atoms with Crippen LogP contribution in [0.25, 0.3) is 0 Å². The van der Waals surface area contributed by atoms with Crippen molar-refractivity contribution < 1.29 is 23.9 Å². The van der Waals surface area contributed by atoms with Gasteiger partial charge < -0.3 is 20.1 Å². The van der Waals surface area contributed by atoms with Crippen molar-refractivity contribution in [1.82, 2.24) is 20.4 Å². The molecule has 0 bridgehead atoms. The van der Waals surface area contributed by atoms with Gasteiger partial charge in [-0.05, 0) is 5.56 Å². The molecule has 3 rings (SSSR count). The van der Waals surface area contributed by atoms with E-state index in [2.05, 4.69) is 32.4 Å². The zero-order valence-corrected chi connectivity index (χ0v) is 17.3. The van der Waals surface area contributed by atoms with Gasteiger partial charge in [0.1, 0.15) is 6.04 Å². The van der Waals surface area contributed by atoms with Gasteiger partial charge in [-0.15, -0.1) is 0 Å². The van der Waals surface area contributed by atoms with Crippen LogP contribution in [-0.4, -0.2) is 92.7 Å². The van der Waals surface area contributed by atoms with Gasteiger partial charge in [0.15, 0.2) is 0 Å². The number of rotatable bonds is 8. The number of amides is 2. The van der Waals surface area contributed by atoms with Crippen LogP contribution < -0.4 is 10.6 Å². The van der Waals surface area contributed by atoms with Crippen molar-refractivity contribution in [1.29, 1.82) is 0 Å². The molecule has 1 aromatic rings. The number of esters is 1. The summed E-state index contributed by atoms with van der Waals surface area (Å²) in [7, 11) is 1.28. The third kappa shape index (κ3) is 6.51. The molecule has 0 radical (unpaired) electrons. The van der Waals surface area contributed by atoms with Crippen LogP contribution in [0.5, 0.6) is 0 Å². The lowest BCUT2D eigenvalue weighted by molar-refractivity contribution is -0.146. The Morgan fingerprint density at radius 1 is 1.27 bits per heavy atom. The summed E-state index contributed by atoms with van der Waals surface area (Å²) in [4.78, 5) is 40.2. The van der Waals surface area contributed by atoms with Crippen molar-refractivity contribution in [2.75, 3.05) is 53.0 Å². The second-order valence-electron chi connectivity index (χ2n) is 7.58. The number of morpholine rings is 1. The summed E-state index contributed by atoms with van der Waals surface area (Å²) in [6.45, 7) is 4.49. The number of carbonyl (C=O) groups excluding carboxylic acids is 3. The van der Waals surface area contributed by atoms with Crippen LogP contribution in [0.15, 0.2) is 30.3 Å². The van der Waals surface area contributed by atoms with E-state index >= 15 is 0 Å². The Kier molecular flexibility index (Phi) is 8.18. The number of carbonyl (C=O) groups is 3. The molecule has 2 heterocycles. The van der Waals surface area contributed by atoms with Gasteiger partial charge in [0, 0.05) is 39.3 Å². The van der Waals surface area contributed by atoms with Crippen molar-refractivity contribution in [2.24, 2.45) is 0 Å². The van der Waals surface area contributed by atoms with Crippen LogP contribution in [-0.2, 0) is 30.4 Å². The Morgan fingerprint density at radius 2 is 2.07 bits per heavy atom. The molecular weight excluding hydrogens is 388 g/mol. The second kappa shape index (κ2) is 11.1. The average Bonchev–Trinajstić information content (AvgIpc) is 2.75. The molecule has 0 saturated carbocycles. The van der Waals surface area contributed by atoms with Crippen molar-refractivity contribution in [3.05, 3.63) is 35.9 Å². The monoisotopic (exact) mass is 418 g/mol. The van der Waals surface area contributed by atoms with Gasteiger partial charge in [0.05, 0.1) is 32.8 Å². The van der Waals surface area contributed by atoms with E-state index in [9.17, 15) is 14.4 Å². The minimum Gasteiger partial charge on any atom is -0.469 e. The predicted molar refractivity (Wildman–Crippen MR) is 109 cm³/mol. The zero-order valence-electron chi connectivity index (χ0n) is 17.3. The number of methoxy groups -OCH3 is 1. The SMILES string of the molecule is COC(=O)CC1C(=O)NCCN1CC(=O)NCC1CN(Cc2ccccc2)CCO1. The third-order valence-electron chi connectivity index (χ3n) is 5.37. The molecule has 0 aliphatic carbocycles. The van der Waals surface area contributed by atoms with E-state index in [-0.39, 0.29) is 30.9 Å². The topological polar surface area (TPSA) is 100 Å². The molecule has 2 fully saturated rings. The van der Waals surface area contributed by atoms with Crippen LogP contribution in [0.2, 0.25) is 0 Å². The number of nitrogens with zero attached hydrogens (tertiary/aromatic N) is 2. The first-order valence-corrected chi connectivity index (χ1v) is 10.3. The minimum absolute atomic E-state index is 0.0511. The summed E-state index contributed by atoms with van der Waals surface area (Å²) < 4.78 is 10.5. The molecule has 2 aliphatic rings. The average molecular weight is 418 g/mol. The largest absolute Gasteiger partial charge is 0.469 e. The first-order valence-electron chi connectivity index (χ1n) is 10.3. The van der Waals surface area contributed by atoms with Gasteiger partial charge in [-0.3, -0.25) is 24.2 Å². The van der Waals surface area contributed by atoms with E-state index in [1.165, 1.54) is 12.7 Å². The van der Waals surface area contributed by atoms with Gasteiger partial charge in [0.2, 0.25) is 11.8 Å². The molecule has 2 unspecified atom stereocenters. The van der Waals surface area contributed by atoms with Crippen LogP contribution in [0.4, 0.5) is 0 Å². The van der Waals surface area contributed by atoms with Crippen LogP contribution >= 0.6 is 0 Å². The molecule has 2 aliphatic heterocycles. The normalized spacial score (nSPS) is 22.9. The van der Waals surface area contributed by atoms with E-state index in [0.29, 0.717) is 26.2 Å². The Bertz CT molecular complexity index is 729.